The summed E-state index contributed by atoms with van der Waals surface area (Å²) >= 11 is 6.31. The molecule has 3 N–H and O–H groups in total. The molecule has 0 aliphatic rings. The molecular weight excluding hydrogens is 404 g/mol. The number of halogens is 1. The lowest BCUT2D eigenvalue weighted by Crippen LogP contribution is -2.26. The number of aliphatic hydroxyl groups excluding tert-OH is 1. The Morgan fingerprint density at radius 1 is 0.933 bits per heavy atom. The van der Waals surface area contributed by atoms with Crippen LogP contribution in [0.1, 0.15) is 29.7 Å². The van der Waals surface area contributed by atoms with Crippen molar-refractivity contribution in [3.05, 3.63) is 70.4 Å². The summed E-state index contributed by atoms with van der Waals surface area (Å²) in [6.07, 6.45) is -0.859. The third-order valence-corrected chi connectivity index (χ3v) is 4.97. The van der Waals surface area contributed by atoms with Gasteiger partial charge in [0.25, 0.3) is 0 Å². The van der Waals surface area contributed by atoms with E-state index in [1.165, 1.54) is 0 Å². The van der Waals surface area contributed by atoms with Gasteiger partial charge in [0.05, 0.1) is 25.9 Å². The van der Waals surface area contributed by atoms with Crippen molar-refractivity contribution in [2.24, 2.45) is 0 Å². The standard InChI is InChI=1S/C22H25ClN4O3/c1-14(28)19-20(23)25-22(24)26-21(19)27(12-15-4-8-17(29-2)9-5-15)13-16-6-10-18(30-3)11-7-16/h4-11,14,28H,12-13H2,1-3H3,(H2,24,25,26). The van der Waals surface area contributed by atoms with Crippen LogP contribution in [-0.4, -0.2) is 29.3 Å². The summed E-state index contributed by atoms with van der Waals surface area (Å²) < 4.78 is 10.5. The number of hydrogen-bond acceptors (Lipinski definition) is 7. The van der Waals surface area contributed by atoms with Crippen molar-refractivity contribution >= 4 is 23.4 Å². The molecule has 8 heteroatoms. The SMILES string of the molecule is COc1ccc(CN(Cc2ccc(OC)cc2)c2nc(N)nc(Cl)c2C(C)O)cc1. The van der Waals surface area contributed by atoms with Crippen molar-refractivity contribution in [3.8, 4) is 11.5 Å². The van der Waals surface area contributed by atoms with Gasteiger partial charge in [-0.05, 0) is 42.3 Å². The summed E-state index contributed by atoms with van der Waals surface area (Å²) in [5.74, 6) is 2.10. The molecule has 0 aliphatic heterocycles. The largest absolute Gasteiger partial charge is 0.497 e. The molecule has 1 unspecified atom stereocenters. The van der Waals surface area contributed by atoms with Gasteiger partial charge in [-0.2, -0.15) is 4.98 Å². The van der Waals surface area contributed by atoms with Gasteiger partial charge in [-0.15, -0.1) is 0 Å². The molecular formula is C22H25ClN4O3. The van der Waals surface area contributed by atoms with E-state index in [0.717, 1.165) is 22.6 Å². The molecule has 0 aliphatic carbocycles. The number of aliphatic hydroxyl groups is 1. The van der Waals surface area contributed by atoms with Crippen LogP contribution in [0.2, 0.25) is 5.15 Å². The molecule has 30 heavy (non-hydrogen) atoms. The van der Waals surface area contributed by atoms with Crippen molar-refractivity contribution in [1.82, 2.24) is 9.97 Å². The minimum atomic E-state index is -0.859. The number of nitrogen functional groups attached to an aromatic ring is 1. The monoisotopic (exact) mass is 428 g/mol. The first-order chi connectivity index (χ1) is 14.4. The van der Waals surface area contributed by atoms with Crippen LogP contribution in [-0.2, 0) is 13.1 Å². The van der Waals surface area contributed by atoms with E-state index in [-0.39, 0.29) is 11.1 Å². The lowest BCUT2D eigenvalue weighted by molar-refractivity contribution is 0.199. The van der Waals surface area contributed by atoms with Crippen molar-refractivity contribution in [3.63, 3.8) is 0 Å². The minimum absolute atomic E-state index is 0.0499. The van der Waals surface area contributed by atoms with E-state index in [2.05, 4.69) is 9.97 Å². The van der Waals surface area contributed by atoms with Gasteiger partial charge in [0.15, 0.2) is 0 Å². The molecule has 2 aromatic carbocycles. The lowest BCUT2D eigenvalue weighted by atomic mass is 10.1. The van der Waals surface area contributed by atoms with Crippen LogP contribution in [0.4, 0.5) is 11.8 Å². The summed E-state index contributed by atoms with van der Waals surface area (Å²) in [5, 5.41) is 10.5. The van der Waals surface area contributed by atoms with Crippen molar-refractivity contribution in [1.29, 1.82) is 0 Å². The summed E-state index contributed by atoms with van der Waals surface area (Å²) in [7, 11) is 3.26. The van der Waals surface area contributed by atoms with Crippen molar-refractivity contribution < 1.29 is 14.6 Å². The number of methoxy groups -OCH3 is 2. The second kappa shape index (κ2) is 9.65. The van der Waals surface area contributed by atoms with Crippen molar-refractivity contribution in [2.75, 3.05) is 24.9 Å². The highest BCUT2D eigenvalue weighted by atomic mass is 35.5. The first kappa shape index (κ1) is 21.7. The number of hydrogen-bond donors (Lipinski definition) is 2. The predicted molar refractivity (Wildman–Crippen MR) is 118 cm³/mol. The third kappa shape index (κ3) is 5.11. The quantitative estimate of drug-likeness (QED) is 0.524. The Balaban J connectivity index is 2.02. The average molecular weight is 429 g/mol. The zero-order valence-corrected chi connectivity index (χ0v) is 17.9. The normalized spacial score (nSPS) is 11.8. The second-order valence-corrected chi connectivity index (χ2v) is 7.20. The maximum atomic E-state index is 10.3. The first-order valence-corrected chi connectivity index (χ1v) is 9.80. The number of ether oxygens (including phenoxy) is 2. The van der Waals surface area contributed by atoms with E-state index in [9.17, 15) is 5.11 Å². The second-order valence-electron chi connectivity index (χ2n) is 6.84. The Morgan fingerprint density at radius 2 is 1.40 bits per heavy atom. The smallest absolute Gasteiger partial charge is 0.223 e. The number of benzene rings is 2. The first-order valence-electron chi connectivity index (χ1n) is 9.43. The Kier molecular flexibility index (Phi) is 6.97. The Bertz CT molecular complexity index is 929. The van der Waals surface area contributed by atoms with E-state index in [1.807, 2.05) is 53.4 Å². The maximum Gasteiger partial charge on any atom is 0.223 e. The zero-order valence-electron chi connectivity index (χ0n) is 17.2. The van der Waals surface area contributed by atoms with E-state index in [4.69, 9.17) is 26.8 Å². The molecule has 1 heterocycles. The minimum Gasteiger partial charge on any atom is -0.497 e. The molecule has 0 saturated carbocycles. The van der Waals surface area contributed by atoms with Crippen LogP contribution >= 0.6 is 11.6 Å². The number of anilines is 2. The molecule has 1 atom stereocenters. The van der Waals surface area contributed by atoms with E-state index in [0.29, 0.717) is 24.5 Å². The topological polar surface area (TPSA) is 93.7 Å². The van der Waals surface area contributed by atoms with Crippen molar-refractivity contribution in [2.45, 2.75) is 26.1 Å². The van der Waals surface area contributed by atoms with E-state index >= 15 is 0 Å². The molecule has 0 spiro atoms. The number of nitrogens with zero attached hydrogens (tertiary/aromatic N) is 3. The van der Waals surface area contributed by atoms with Gasteiger partial charge in [-0.25, -0.2) is 4.98 Å². The van der Waals surface area contributed by atoms with Crippen LogP contribution in [0.15, 0.2) is 48.5 Å². The fourth-order valence-electron chi connectivity index (χ4n) is 3.16. The summed E-state index contributed by atoms with van der Waals surface area (Å²) in [6, 6.07) is 15.5. The van der Waals surface area contributed by atoms with Crippen LogP contribution in [0.3, 0.4) is 0 Å². The van der Waals surface area contributed by atoms with Crippen LogP contribution in [0.25, 0.3) is 0 Å². The van der Waals surface area contributed by atoms with Gasteiger partial charge < -0.3 is 25.2 Å². The van der Waals surface area contributed by atoms with Gasteiger partial charge in [-0.1, -0.05) is 35.9 Å². The summed E-state index contributed by atoms with van der Waals surface area (Å²) in [4.78, 5) is 10.4. The van der Waals surface area contributed by atoms with Crippen LogP contribution in [0.5, 0.6) is 11.5 Å². The summed E-state index contributed by atoms with van der Waals surface area (Å²) in [5.41, 5.74) is 8.39. The third-order valence-electron chi connectivity index (χ3n) is 4.68. The van der Waals surface area contributed by atoms with Crippen LogP contribution in [0, 0.1) is 0 Å². The highest BCUT2D eigenvalue weighted by molar-refractivity contribution is 6.30. The zero-order chi connectivity index (χ0) is 21.7. The molecule has 0 saturated heterocycles. The van der Waals surface area contributed by atoms with E-state index in [1.54, 1.807) is 21.1 Å². The number of nitrogens with two attached hydrogens (primary N) is 1. The maximum absolute atomic E-state index is 10.3. The van der Waals surface area contributed by atoms with Gasteiger partial charge in [-0.3, -0.25) is 0 Å². The van der Waals surface area contributed by atoms with Crippen LogP contribution < -0.4 is 20.1 Å². The molecule has 3 rings (SSSR count). The van der Waals surface area contributed by atoms with Gasteiger partial charge in [0, 0.05) is 13.1 Å². The molecule has 0 amide bonds. The lowest BCUT2D eigenvalue weighted by Gasteiger charge is -2.27. The summed E-state index contributed by atoms with van der Waals surface area (Å²) in [6.45, 7) is 2.66. The molecule has 3 aromatic rings. The molecule has 0 bridgehead atoms. The highest BCUT2D eigenvalue weighted by Crippen LogP contribution is 2.33. The Morgan fingerprint density at radius 3 is 1.80 bits per heavy atom. The molecule has 158 valence electrons. The molecule has 7 nitrogen and oxygen atoms in total. The van der Waals surface area contributed by atoms with Gasteiger partial charge in [0.1, 0.15) is 22.5 Å². The predicted octanol–water partition coefficient (Wildman–Crippen LogP) is 3.99. The van der Waals surface area contributed by atoms with Gasteiger partial charge >= 0.3 is 0 Å². The number of rotatable bonds is 8. The highest BCUT2D eigenvalue weighted by Gasteiger charge is 2.22. The Hall–Kier alpha value is -3.03. The van der Waals surface area contributed by atoms with Gasteiger partial charge in [0.2, 0.25) is 5.95 Å². The molecule has 0 fully saturated rings. The Labute approximate surface area is 181 Å². The number of aromatic nitrogens is 2. The van der Waals surface area contributed by atoms with E-state index < -0.39 is 6.10 Å². The fraction of sp³-hybridized carbons (Fsp3) is 0.273. The molecule has 0 radical (unpaired) electrons. The average Bonchev–Trinajstić information content (AvgIpc) is 2.73. The molecule has 1 aromatic heterocycles. The fourth-order valence-corrected chi connectivity index (χ4v) is 3.48.